The summed E-state index contributed by atoms with van der Waals surface area (Å²) in [6.07, 6.45) is 0. The second-order valence-corrected chi connectivity index (χ2v) is 12.1. The lowest BCUT2D eigenvalue weighted by molar-refractivity contribution is 1.34. The van der Waals surface area contributed by atoms with Gasteiger partial charge in [0, 0.05) is 0 Å². The van der Waals surface area contributed by atoms with Crippen LogP contribution in [0.25, 0.3) is 0 Å². The molecule has 4 rings (SSSR count). The van der Waals surface area contributed by atoms with Gasteiger partial charge in [-0.3, -0.25) is 0 Å². The molecule has 0 nitrogen and oxygen atoms in total. The standard InChI is InChI=1S/C28H28Si/c1-22-10-7-15-26(18-22)29(21-25-13-5-4-6-14-25,27-16-8-11-23(2)19-27)28-17-9-12-24(3)20-28/h4-20H,21H2,1-3H3. The Bertz CT molecular complexity index is 1000. The third-order valence-corrected chi connectivity index (χ3v) is 10.7. The third kappa shape index (κ3) is 3.97. The largest absolute Gasteiger partial charge is 0.152 e. The maximum atomic E-state index is 2.42. The van der Waals surface area contributed by atoms with Crippen LogP contribution in [0.15, 0.2) is 103 Å². The first-order chi connectivity index (χ1) is 14.1. The van der Waals surface area contributed by atoms with Gasteiger partial charge >= 0.3 is 0 Å². The molecule has 0 radical (unpaired) electrons. The second-order valence-electron chi connectivity index (χ2n) is 8.18. The molecule has 0 aliphatic heterocycles. The van der Waals surface area contributed by atoms with E-state index in [2.05, 4.69) is 124 Å². The van der Waals surface area contributed by atoms with Crippen LogP contribution < -0.4 is 15.6 Å². The quantitative estimate of drug-likeness (QED) is 0.336. The maximum Gasteiger partial charge on any atom is 0.152 e. The van der Waals surface area contributed by atoms with Crippen LogP contribution in [0.2, 0.25) is 0 Å². The van der Waals surface area contributed by atoms with Gasteiger partial charge in [0.2, 0.25) is 0 Å². The Morgan fingerprint density at radius 3 is 1.28 bits per heavy atom. The average Bonchev–Trinajstić information content (AvgIpc) is 2.73. The number of hydrogen-bond acceptors (Lipinski definition) is 0. The zero-order chi connectivity index (χ0) is 20.3. The summed E-state index contributed by atoms with van der Waals surface area (Å²) in [7, 11) is -2.26. The Morgan fingerprint density at radius 2 is 0.897 bits per heavy atom. The Kier molecular flexibility index (Phi) is 5.51. The van der Waals surface area contributed by atoms with E-state index < -0.39 is 8.07 Å². The van der Waals surface area contributed by atoms with Crippen molar-refractivity contribution in [3.63, 3.8) is 0 Å². The van der Waals surface area contributed by atoms with Crippen molar-refractivity contribution in [1.82, 2.24) is 0 Å². The first kappa shape index (κ1) is 19.4. The molecule has 0 bridgehead atoms. The normalized spacial score (nSPS) is 11.4. The molecule has 0 saturated carbocycles. The molecule has 0 N–H and O–H groups in total. The topological polar surface area (TPSA) is 0 Å². The highest BCUT2D eigenvalue weighted by atomic mass is 28.3. The van der Waals surface area contributed by atoms with E-state index >= 15 is 0 Å². The minimum absolute atomic E-state index is 1.06. The van der Waals surface area contributed by atoms with Gasteiger partial charge in [-0.1, -0.05) is 120 Å². The molecule has 0 unspecified atom stereocenters. The zero-order valence-corrected chi connectivity index (χ0v) is 18.5. The van der Waals surface area contributed by atoms with Crippen LogP contribution in [0, 0.1) is 20.8 Å². The van der Waals surface area contributed by atoms with Crippen LogP contribution in [0.4, 0.5) is 0 Å². The molecule has 4 aromatic rings. The molecule has 0 aromatic heterocycles. The smallest absolute Gasteiger partial charge is 0.0622 e. The van der Waals surface area contributed by atoms with E-state index in [9.17, 15) is 0 Å². The van der Waals surface area contributed by atoms with Crippen molar-refractivity contribution in [2.45, 2.75) is 26.8 Å². The van der Waals surface area contributed by atoms with Crippen molar-refractivity contribution >= 4 is 23.6 Å². The summed E-state index contributed by atoms with van der Waals surface area (Å²) in [6.45, 7) is 6.62. The second kappa shape index (κ2) is 8.22. The first-order valence-electron chi connectivity index (χ1n) is 10.3. The Labute approximate surface area is 175 Å². The van der Waals surface area contributed by atoms with E-state index in [0.717, 1.165) is 6.04 Å². The number of hydrogen-bond donors (Lipinski definition) is 0. The van der Waals surface area contributed by atoms with Crippen molar-refractivity contribution in [1.29, 1.82) is 0 Å². The highest BCUT2D eigenvalue weighted by molar-refractivity contribution is 7.11. The van der Waals surface area contributed by atoms with Gasteiger partial charge in [-0.2, -0.15) is 0 Å². The fourth-order valence-corrected chi connectivity index (χ4v) is 9.46. The summed E-state index contributed by atoms with van der Waals surface area (Å²) in [4.78, 5) is 0. The highest BCUT2D eigenvalue weighted by Crippen LogP contribution is 2.17. The van der Waals surface area contributed by atoms with Gasteiger partial charge in [0.15, 0.2) is 8.07 Å². The van der Waals surface area contributed by atoms with Gasteiger partial charge in [0.1, 0.15) is 0 Å². The summed E-state index contributed by atoms with van der Waals surface area (Å²) in [5.41, 5.74) is 5.39. The highest BCUT2D eigenvalue weighted by Gasteiger charge is 2.39. The Morgan fingerprint density at radius 1 is 0.483 bits per heavy atom. The number of benzene rings is 4. The fraction of sp³-hybridized carbons (Fsp3) is 0.143. The van der Waals surface area contributed by atoms with Gasteiger partial charge < -0.3 is 0 Å². The molecule has 0 atom stereocenters. The van der Waals surface area contributed by atoms with Crippen LogP contribution in [0.3, 0.4) is 0 Å². The number of rotatable bonds is 5. The monoisotopic (exact) mass is 392 g/mol. The molecule has 0 saturated heterocycles. The zero-order valence-electron chi connectivity index (χ0n) is 17.5. The van der Waals surface area contributed by atoms with Gasteiger partial charge in [0.25, 0.3) is 0 Å². The van der Waals surface area contributed by atoms with Gasteiger partial charge in [-0.15, -0.1) is 0 Å². The van der Waals surface area contributed by atoms with Crippen molar-refractivity contribution < 1.29 is 0 Å². The van der Waals surface area contributed by atoms with Gasteiger partial charge in [0.05, 0.1) is 0 Å². The minimum Gasteiger partial charge on any atom is -0.0622 e. The summed E-state index contributed by atoms with van der Waals surface area (Å²) >= 11 is 0. The first-order valence-corrected chi connectivity index (χ1v) is 12.5. The molecule has 4 aromatic carbocycles. The number of aryl methyl sites for hydroxylation is 3. The molecular weight excluding hydrogens is 364 g/mol. The molecule has 0 aliphatic rings. The molecular formula is C28H28Si. The van der Waals surface area contributed by atoms with Gasteiger partial charge in [-0.05, 0) is 47.9 Å². The molecule has 1 heteroatoms. The SMILES string of the molecule is Cc1cccc([Si](Cc2ccccc2)(c2cccc(C)c2)c2cccc(C)c2)c1. The Hall–Kier alpha value is -2.90. The van der Waals surface area contributed by atoms with Crippen molar-refractivity contribution in [2.24, 2.45) is 0 Å². The lowest BCUT2D eigenvalue weighted by Crippen LogP contribution is -2.69. The van der Waals surface area contributed by atoms with E-state index in [1.807, 2.05) is 0 Å². The average molecular weight is 393 g/mol. The summed E-state index contributed by atoms with van der Waals surface area (Å²) in [5.74, 6) is 0. The van der Waals surface area contributed by atoms with E-state index in [1.165, 1.54) is 37.8 Å². The predicted molar refractivity (Wildman–Crippen MR) is 128 cm³/mol. The molecule has 0 spiro atoms. The molecule has 29 heavy (non-hydrogen) atoms. The summed E-state index contributed by atoms with van der Waals surface area (Å²) in [5, 5.41) is 4.45. The van der Waals surface area contributed by atoms with Crippen LogP contribution in [-0.4, -0.2) is 8.07 Å². The van der Waals surface area contributed by atoms with E-state index in [0.29, 0.717) is 0 Å². The molecule has 0 fully saturated rings. The Balaban J connectivity index is 2.06. The summed E-state index contributed by atoms with van der Waals surface area (Å²) in [6, 6.07) is 39.7. The molecule has 144 valence electrons. The minimum atomic E-state index is -2.26. The van der Waals surface area contributed by atoms with E-state index in [1.54, 1.807) is 0 Å². The van der Waals surface area contributed by atoms with Crippen LogP contribution in [0.1, 0.15) is 22.3 Å². The summed E-state index contributed by atoms with van der Waals surface area (Å²) < 4.78 is 0. The molecule has 0 heterocycles. The lowest BCUT2D eigenvalue weighted by atomic mass is 10.2. The van der Waals surface area contributed by atoms with Crippen LogP contribution in [0.5, 0.6) is 0 Å². The predicted octanol–water partition coefficient (Wildman–Crippen LogP) is 4.86. The maximum absolute atomic E-state index is 2.42. The lowest BCUT2D eigenvalue weighted by Gasteiger charge is -2.35. The van der Waals surface area contributed by atoms with Crippen molar-refractivity contribution in [3.8, 4) is 0 Å². The van der Waals surface area contributed by atoms with E-state index in [4.69, 9.17) is 0 Å². The molecule has 0 aliphatic carbocycles. The van der Waals surface area contributed by atoms with Crippen molar-refractivity contribution in [3.05, 3.63) is 125 Å². The van der Waals surface area contributed by atoms with E-state index in [-0.39, 0.29) is 0 Å². The van der Waals surface area contributed by atoms with Crippen LogP contribution in [-0.2, 0) is 6.04 Å². The van der Waals surface area contributed by atoms with Crippen molar-refractivity contribution in [2.75, 3.05) is 0 Å². The van der Waals surface area contributed by atoms with Crippen LogP contribution >= 0.6 is 0 Å². The fourth-order valence-electron chi connectivity index (χ4n) is 4.44. The third-order valence-electron chi connectivity index (χ3n) is 5.84. The molecule has 0 amide bonds. The van der Waals surface area contributed by atoms with Gasteiger partial charge in [-0.25, -0.2) is 0 Å².